The normalized spacial score (nSPS) is 12.6. The molecule has 0 fully saturated rings. The lowest BCUT2D eigenvalue weighted by molar-refractivity contribution is -0.123. The van der Waals surface area contributed by atoms with Crippen LogP contribution in [0, 0.1) is 6.92 Å². The number of halogens is 3. The van der Waals surface area contributed by atoms with Gasteiger partial charge in [0.15, 0.2) is 0 Å². The lowest BCUT2D eigenvalue weighted by Gasteiger charge is -2.17. The first-order valence-corrected chi connectivity index (χ1v) is 10.0. The van der Waals surface area contributed by atoms with Crippen molar-refractivity contribution in [2.24, 2.45) is 0 Å². The number of fused-ring (bicyclic) bond motifs is 1. The largest absolute Gasteiger partial charge is 0.405 e. The predicted octanol–water partition coefficient (Wildman–Crippen LogP) is 4.26. The van der Waals surface area contributed by atoms with Crippen LogP contribution in [-0.4, -0.2) is 33.3 Å². The zero-order valence-electron chi connectivity index (χ0n) is 17.7. The highest BCUT2D eigenvalue weighted by molar-refractivity contribution is 5.94. The number of hydrogen-bond acceptors (Lipinski definition) is 5. The van der Waals surface area contributed by atoms with Gasteiger partial charge in [-0.3, -0.25) is 14.2 Å². The number of hydrogen-bond donors (Lipinski definition) is 1. The number of amides is 1. The maximum atomic E-state index is 13.1. The van der Waals surface area contributed by atoms with Gasteiger partial charge in [0, 0.05) is 11.1 Å². The van der Waals surface area contributed by atoms with Crippen molar-refractivity contribution in [2.75, 3.05) is 6.54 Å². The minimum Gasteiger partial charge on any atom is -0.364 e. The van der Waals surface area contributed by atoms with Crippen molar-refractivity contribution < 1.29 is 22.5 Å². The third-order valence-corrected chi connectivity index (χ3v) is 5.34. The maximum absolute atomic E-state index is 13.1. The number of carbonyl (C=O) groups is 1. The molecule has 2 aromatic carbocycles. The summed E-state index contributed by atoms with van der Waals surface area (Å²) in [4.78, 5) is 29.6. The van der Waals surface area contributed by atoms with Gasteiger partial charge < -0.3 is 9.84 Å². The summed E-state index contributed by atoms with van der Waals surface area (Å²) in [5.41, 5.74) is 3.20. The van der Waals surface area contributed by atoms with Crippen molar-refractivity contribution in [3.05, 3.63) is 82.2 Å². The summed E-state index contributed by atoms with van der Waals surface area (Å²) >= 11 is 0. The second kappa shape index (κ2) is 8.53. The molecular weight excluding hydrogens is 437 g/mol. The second-order valence-electron chi connectivity index (χ2n) is 7.60. The van der Waals surface area contributed by atoms with Crippen LogP contribution in [0.15, 0.2) is 64.4 Å². The SMILES string of the molecule is Cc1nocc1-c1ccc2c(=O)n([C@H](C)c3cccc(C(=O)NCC(F)(F)F)c3)cnc2c1. The molecule has 2 heterocycles. The molecule has 0 spiro atoms. The third kappa shape index (κ3) is 4.64. The number of rotatable bonds is 5. The van der Waals surface area contributed by atoms with Gasteiger partial charge in [0.1, 0.15) is 12.8 Å². The Morgan fingerprint density at radius 1 is 1.21 bits per heavy atom. The molecule has 4 aromatic rings. The van der Waals surface area contributed by atoms with Crippen molar-refractivity contribution in [3.8, 4) is 11.1 Å². The van der Waals surface area contributed by atoms with Gasteiger partial charge in [0.25, 0.3) is 11.5 Å². The van der Waals surface area contributed by atoms with Crippen LogP contribution < -0.4 is 10.9 Å². The average Bonchev–Trinajstić information content (AvgIpc) is 3.22. The van der Waals surface area contributed by atoms with Gasteiger partial charge in [-0.1, -0.05) is 23.4 Å². The minimum absolute atomic E-state index is 0.0686. The van der Waals surface area contributed by atoms with Gasteiger partial charge in [0.05, 0.1) is 29.0 Å². The fraction of sp³-hybridized carbons (Fsp3) is 0.217. The highest BCUT2D eigenvalue weighted by atomic mass is 19.4. The van der Waals surface area contributed by atoms with Crippen LogP contribution in [0.1, 0.15) is 34.6 Å². The molecule has 0 radical (unpaired) electrons. The Balaban J connectivity index is 1.64. The van der Waals surface area contributed by atoms with Gasteiger partial charge in [0.2, 0.25) is 0 Å². The number of aryl methyl sites for hydroxylation is 1. The van der Waals surface area contributed by atoms with E-state index in [0.717, 1.165) is 16.8 Å². The minimum atomic E-state index is -4.50. The van der Waals surface area contributed by atoms with E-state index in [2.05, 4.69) is 10.1 Å². The summed E-state index contributed by atoms with van der Waals surface area (Å²) in [6, 6.07) is 10.9. The number of nitrogens with zero attached hydrogens (tertiary/aromatic N) is 3. The highest BCUT2D eigenvalue weighted by Gasteiger charge is 2.28. The Morgan fingerprint density at radius 3 is 2.70 bits per heavy atom. The molecule has 0 saturated heterocycles. The fourth-order valence-corrected chi connectivity index (χ4v) is 3.53. The van der Waals surface area contributed by atoms with Gasteiger partial charge in [-0.05, 0) is 49.2 Å². The molecule has 33 heavy (non-hydrogen) atoms. The monoisotopic (exact) mass is 456 g/mol. The molecule has 1 atom stereocenters. The molecule has 1 N–H and O–H groups in total. The van der Waals surface area contributed by atoms with Crippen LogP contribution in [0.5, 0.6) is 0 Å². The molecule has 10 heteroatoms. The first-order valence-electron chi connectivity index (χ1n) is 10.0. The van der Waals surface area contributed by atoms with E-state index in [4.69, 9.17) is 4.52 Å². The number of aromatic nitrogens is 3. The van der Waals surface area contributed by atoms with E-state index in [1.807, 2.05) is 12.2 Å². The van der Waals surface area contributed by atoms with E-state index in [-0.39, 0.29) is 11.1 Å². The predicted molar refractivity (Wildman–Crippen MR) is 115 cm³/mol. The van der Waals surface area contributed by atoms with Gasteiger partial charge in [-0.25, -0.2) is 4.98 Å². The van der Waals surface area contributed by atoms with Crippen LogP contribution in [0.4, 0.5) is 13.2 Å². The topological polar surface area (TPSA) is 90.0 Å². The van der Waals surface area contributed by atoms with E-state index in [0.29, 0.717) is 16.5 Å². The quantitative estimate of drug-likeness (QED) is 0.485. The van der Waals surface area contributed by atoms with E-state index >= 15 is 0 Å². The number of carbonyl (C=O) groups excluding carboxylic acids is 1. The number of nitrogens with one attached hydrogen (secondary N) is 1. The number of alkyl halides is 3. The standard InChI is InChI=1S/C23H19F3N4O3/c1-13-19(10-33-29-13)16-6-7-18-20(9-16)28-12-30(22(18)32)14(2)15-4-3-5-17(8-15)21(31)27-11-23(24,25)26/h3-10,12,14H,11H2,1-2H3,(H,27,31)/t14-/m1/s1. The Morgan fingerprint density at radius 2 is 2.00 bits per heavy atom. The summed E-state index contributed by atoms with van der Waals surface area (Å²) in [7, 11) is 0. The van der Waals surface area contributed by atoms with Gasteiger partial charge >= 0.3 is 6.18 Å². The highest BCUT2D eigenvalue weighted by Crippen LogP contribution is 2.25. The molecule has 170 valence electrons. The lowest BCUT2D eigenvalue weighted by atomic mass is 10.0. The molecule has 2 aromatic heterocycles. The van der Waals surface area contributed by atoms with Crippen LogP contribution in [0.25, 0.3) is 22.0 Å². The molecule has 7 nitrogen and oxygen atoms in total. The molecule has 4 rings (SSSR count). The van der Waals surface area contributed by atoms with E-state index in [9.17, 15) is 22.8 Å². The van der Waals surface area contributed by atoms with Gasteiger partial charge in [-0.2, -0.15) is 13.2 Å². The zero-order chi connectivity index (χ0) is 23.8. The van der Waals surface area contributed by atoms with Crippen LogP contribution in [-0.2, 0) is 0 Å². The molecule has 0 bridgehead atoms. The van der Waals surface area contributed by atoms with E-state index in [1.165, 1.54) is 29.3 Å². The van der Waals surface area contributed by atoms with Crippen molar-refractivity contribution in [3.63, 3.8) is 0 Å². The molecule has 0 saturated carbocycles. The van der Waals surface area contributed by atoms with Crippen molar-refractivity contribution >= 4 is 16.8 Å². The molecule has 0 aliphatic carbocycles. The molecule has 0 aliphatic heterocycles. The lowest BCUT2D eigenvalue weighted by Crippen LogP contribution is -2.33. The summed E-state index contributed by atoms with van der Waals surface area (Å²) in [6.45, 7) is 2.14. The summed E-state index contributed by atoms with van der Waals surface area (Å²) in [6.07, 6.45) is -1.56. The molecule has 0 aliphatic rings. The van der Waals surface area contributed by atoms with E-state index in [1.54, 1.807) is 37.3 Å². The van der Waals surface area contributed by atoms with Gasteiger partial charge in [-0.15, -0.1) is 0 Å². The number of benzene rings is 2. The van der Waals surface area contributed by atoms with E-state index < -0.39 is 24.7 Å². The van der Waals surface area contributed by atoms with Crippen molar-refractivity contribution in [2.45, 2.75) is 26.1 Å². The summed E-state index contributed by atoms with van der Waals surface area (Å²) in [5.74, 6) is -0.845. The molecular formula is C23H19F3N4O3. The van der Waals surface area contributed by atoms with Crippen LogP contribution in [0.2, 0.25) is 0 Å². The Kier molecular flexibility index (Phi) is 5.75. The molecule has 1 amide bonds. The van der Waals surface area contributed by atoms with Crippen molar-refractivity contribution in [1.29, 1.82) is 0 Å². The smallest absolute Gasteiger partial charge is 0.364 e. The Labute approximate surface area is 185 Å². The Hall–Kier alpha value is -3.95. The Bertz CT molecular complexity index is 1390. The molecule has 0 unspecified atom stereocenters. The van der Waals surface area contributed by atoms with Crippen LogP contribution >= 0.6 is 0 Å². The zero-order valence-corrected chi connectivity index (χ0v) is 17.7. The maximum Gasteiger partial charge on any atom is 0.405 e. The average molecular weight is 456 g/mol. The summed E-state index contributed by atoms with van der Waals surface area (Å²) < 4.78 is 43.6. The van der Waals surface area contributed by atoms with Crippen LogP contribution in [0.3, 0.4) is 0 Å². The first-order chi connectivity index (χ1) is 15.6. The third-order valence-electron chi connectivity index (χ3n) is 5.34. The van der Waals surface area contributed by atoms with Crippen molar-refractivity contribution in [1.82, 2.24) is 20.0 Å². The second-order valence-corrected chi connectivity index (χ2v) is 7.60. The first kappa shape index (κ1) is 22.3. The summed E-state index contributed by atoms with van der Waals surface area (Å²) in [5, 5.41) is 6.11. The fourth-order valence-electron chi connectivity index (χ4n) is 3.53.